The average molecular weight is 273 g/mol. The third-order valence-electron chi connectivity index (χ3n) is 1.86. The number of rotatable bonds is 2. The van der Waals surface area contributed by atoms with Crippen molar-refractivity contribution in [1.29, 1.82) is 0 Å². The SMILES string of the molecule is CC(C)c1c(Cl)cc(OC(F)(F)F)cc1Cl. The normalized spacial score (nSPS) is 12.0. The van der Waals surface area contributed by atoms with Gasteiger partial charge < -0.3 is 4.74 Å². The van der Waals surface area contributed by atoms with Gasteiger partial charge in [-0.1, -0.05) is 37.0 Å². The van der Waals surface area contributed by atoms with Gasteiger partial charge in [-0.15, -0.1) is 13.2 Å². The molecule has 0 fully saturated rings. The van der Waals surface area contributed by atoms with E-state index < -0.39 is 12.1 Å². The summed E-state index contributed by atoms with van der Waals surface area (Å²) >= 11 is 11.7. The zero-order valence-corrected chi connectivity index (χ0v) is 10.0. The summed E-state index contributed by atoms with van der Waals surface area (Å²) in [6.07, 6.45) is -4.74. The van der Waals surface area contributed by atoms with Gasteiger partial charge in [-0.2, -0.15) is 0 Å². The average Bonchev–Trinajstić information content (AvgIpc) is 1.96. The molecule has 0 spiro atoms. The van der Waals surface area contributed by atoms with Gasteiger partial charge in [0.25, 0.3) is 0 Å². The van der Waals surface area contributed by atoms with Crippen LogP contribution in [0.1, 0.15) is 25.3 Å². The van der Waals surface area contributed by atoms with Crippen LogP contribution in [0.5, 0.6) is 5.75 Å². The molecule has 1 nitrogen and oxygen atoms in total. The Morgan fingerprint density at radius 3 is 1.88 bits per heavy atom. The van der Waals surface area contributed by atoms with E-state index in [1.165, 1.54) is 0 Å². The first-order chi connectivity index (χ1) is 7.20. The van der Waals surface area contributed by atoms with E-state index >= 15 is 0 Å². The fourth-order valence-corrected chi connectivity index (χ4v) is 2.21. The lowest BCUT2D eigenvalue weighted by molar-refractivity contribution is -0.274. The van der Waals surface area contributed by atoms with Crippen LogP contribution in [0.15, 0.2) is 12.1 Å². The molecule has 0 aliphatic heterocycles. The van der Waals surface area contributed by atoms with Crippen molar-refractivity contribution in [2.24, 2.45) is 0 Å². The second-order valence-electron chi connectivity index (χ2n) is 3.50. The van der Waals surface area contributed by atoms with Crippen LogP contribution in [0.2, 0.25) is 10.0 Å². The molecule has 0 saturated carbocycles. The Morgan fingerprint density at radius 2 is 1.56 bits per heavy atom. The van der Waals surface area contributed by atoms with Gasteiger partial charge in [-0.3, -0.25) is 0 Å². The molecular formula is C10H9Cl2F3O. The van der Waals surface area contributed by atoms with E-state index in [9.17, 15) is 13.2 Å². The Kier molecular flexibility index (Phi) is 3.97. The Balaban J connectivity index is 3.10. The van der Waals surface area contributed by atoms with Gasteiger partial charge in [-0.25, -0.2) is 0 Å². The highest BCUT2D eigenvalue weighted by Gasteiger charge is 2.31. The van der Waals surface area contributed by atoms with Gasteiger partial charge >= 0.3 is 6.36 Å². The highest BCUT2D eigenvalue weighted by Crippen LogP contribution is 2.36. The minimum absolute atomic E-state index is 0.0277. The van der Waals surface area contributed by atoms with Crippen molar-refractivity contribution in [3.8, 4) is 5.75 Å². The second-order valence-corrected chi connectivity index (χ2v) is 4.32. The van der Waals surface area contributed by atoms with Gasteiger partial charge in [0.15, 0.2) is 0 Å². The number of hydrogen-bond donors (Lipinski definition) is 0. The quantitative estimate of drug-likeness (QED) is 0.735. The summed E-state index contributed by atoms with van der Waals surface area (Å²) < 4.78 is 39.6. The summed E-state index contributed by atoms with van der Waals surface area (Å²) in [6, 6.07) is 2.21. The minimum atomic E-state index is -4.74. The van der Waals surface area contributed by atoms with Gasteiger partial charge in [-0.05, 0) is 23.6 Å². The first kappa shape index (κ1) is 13.5. The van der Waals surface area contributed by atoms with Crippen LogP contribution in [0.3, 0.4) is 0 Å². The molecule has 1 aromatic carbocycles. The smallest absolute Gasteiger partial charge is 0.406 e. The largest absolute Gasteiger partial charge is 0.573 e. The first-order valence-electron chi connectivity index (χ1n) is 4.45. The molecule has 1 rings (SSSR count). The van der Waals surface area contributed by atoms with Crippen LogP contribution in [-0.4, -0.2) is 6.36 Å². The molecule has 90 valence electrons. The van der Waals surface area contributed by atoms with Crippen molar-refractivity contribution in [3.63, 3.8) is 0 Å². The molecule has 0 atom stereocenters. The maximum atomic E-state index is 12.0. The van der Waals surface area contributed by atoms with Crippen LogP contribution in [0.25, 0.3) is 0 Å². The van der Waals surface area contributed by atoms with Crippen LogP contribution < -0.4 is 4.74 Å². The monoisotopic (exact) mass is 272 g/mol. The molecule has 0 aliphatic carbocycles. The summed E-state index contributed by atoms with van der Waals surface area (Å²) in [5.74, 6) is -0.383. The fraction of sp³-hybridized carbons (Fsp3) is 0.400. The summed E-state index contributed by atoms with van der Waals surface area (Å²) in [5, 5.41) is 0.337. The van der Waals surface area contributed by atoms with Crippen LogP contribution >= 0.6 is 23.2 Å². The third kappa shape index (κ3) is 3.46. The molecule has 0 N–H and O–H groups in total. The Bertz CT molecular complexity index is 365. The zero-order chi connectivity index (χ0) is 12.5. The van der Waals surface area contributed by atoms with Crippen LogP contribution in [-0.2, 0) is 0 Å². The van der Waals surface area contributed by atoms with Crippen molar-refractivity contribution in [3.05, 3.63) is 27.7 Å². The maximum absolute atomic E-state index is 12.0. The highest BCUT2D eigenvalue weighted by molar-refractivity contribution is 6.36. The Hall–Kier alpha value is -0.610. The van der Waals surface area contributed by atoms with Crippen molar-refractivity contribution >= 4 is 23.2 Å². The number of alkyl halides is 3. The van der Waals surface area contributed by atoms with Gasteiger partial charge in [0.1, 0.15) is 5.75 Å². The van der Waals surface area contributed by atoms with E-state index in [4.69, 9.17) is 23.2 Å². The number of benzene rings is 1. The van der Waals surface area contributed by atoms with Gasteiger partial charge in [0.2, 0.25) is 0 Å². The highest BCUT2D eigenvalue weighted by atomic mass is 35.5. The number of halogens is 5. The van der Waals surface area contributed by atoms with Crippen molar-refractivity contribution in [1.82, 2.24) is 0 Å². The lowest BCUT2D eigenvalue weighted by atomic mass is 10.0. The minimum Gasteiger partial charge on any atom is -0.406 e. The zero-order valence-electron chi connectivity index (χ0n) is 8.53. The number of hydrogen-bond acceptors (Lipinski definition) is 1. The van der Waals surface area contributed by atoms with Crippen LogP contribution in [0, 0.1) is 0 Å². The Morgan fingerprint density at radius 1 is 1.12 bits per heavy atom. The third-order valence-corrected chi connectivity index (χ3v) is 2.49. The predicted molar refractivity (Wildman–Crippen MR) is 57.2 cm³/mol. The van der Waals surface area contributed by atoms with Crippen molar-refractivity contribution in [2.45, 2.75) is 26.1 Å². The topological polar surface area (TPSA) is 9.23 Å². The van der Waals surface area contributed by atoms with E-state index in [1.54, 1.807) is 0 Å². The molecule has 0 unspecified atom stereocenters. The van der Waals surface area contributed by atoms with Crippen molar-refractivity contribution < 1.29 is 17.9 Å². The van der Waals surface area contributed by atoms with E-state index in [0.29, 0.717) is 5.56 Å². The fourth-order valence-electron chi connectivity index (χ4n) is 1.31. The molecule has 0 aromatic heterocycles. The lowest BCUT2D eigenvalue weighted by Gasteiger charge is -2.14. The van der Waals surface area contributed by atoms with Crippen molar-refractivity contribution in [2.75, 3.05) is 0 Å². The van der Waals surface area contributed by atoms with Gasteiger partial charge in [0.05, 0.1) is 0 Å². The van der Waals surface area contributed by atoms with E-state index in [2.05, 4.69) is 4.74 Å². The molecule has 0 bridgehead atoms. The Labute approximate surface area is 101 Å². The molecule has 0 heterocycles. The first-order valence-corrected chi connectivity index (χ1v) is 5.21. The summed E-state index contributed by atoms with van der Waals surface area (Å²) in [5.41, 5.74) is 0.609. The van der Waals surface area contributed by atoms with Crippen LogP contribution in [0.4, 0.5) is 13.2 Å². The van der Waals surface area contributed by atoms with E-state index in [1.807, 2.05) is 13.8 Å². The molecule has 16 heavy (non-hydrogen) atoms. The lowest BCUT2D eigenvalue weighted by Crippen LogP contribution is -2.17. The maximum Gasteiger partial charge on any atom is 0.573 e. The van der Waals surface area contributed by atoms with E-state index in [-0.39, 0.29) is 16.0 Å². The van der Waals surface area contributed by atoms with E-state index in [0.717, 1.165) is 12.1 Å². The van der Waals surface area contributed by atoms with Gasteiger partial charge in [0, 0.05) is 10.0 Å². The second kappa shape index (κ2) is 4.72. The molecule has 0 amide bonds. The molecular weight excluding hydrogens is 264 g/mol. The molecule has 0 saturated heterocycles. The predicted octanol–water partition coefficient (Wildman–Crippen LogP) is 5.02. The summed E-state index contributed by atoms with van der Waals surface area (Å²) in [4.78, 5) is 0. The summed E-state index contributed by atoms with van der Waals surface area (Å²) in [7, 11) is 0. The molecule has 6 heteroatoms. The molecule has 0 aliphatic rings. The molecule has 0 radical (unpaired) electrons. The standard InChI is InChI=1S/C10H9Cl2F3O/c1-5(2)9-7(11)3-6(4-8(9)12)16-10(13,14)15/h3-5H,1-2H3. The summed E-state index contributed by atoms with van der Waals surface area (Å²) in [6.45, 7) is 3.69. The number of ether oxygens (including phenoxy) is 1. The molecule has 1 aromatic rings.